The van der Waals surface area contributed by atoms with Crippen LogP contribution < -0.4 is 20.1 Å². The molecule has 0 bridgehead atoms. The fourth-order valence-electron chi connectivity index (χ4n) is 3.79. The van der Waals surface area contributed by atoms with Crippen molar-refractivity contribution in [3.05, 3.63) is 106 Å². The Morgan fingerprint density at radius 2 is 0.974 bits per heavy atom. The van der Waals surface area contributed by atoms with E-state index in [1.165, 1.54) is 0 Å². The average molecular weight is 652 g/mol. The molecule has 0 radical (unpaired) electrons. The number of carbonyl (C=O) groups excluding carboxylic acids is 2. The monoisotopic (exact) mass is 650 g/mol. The Kier molecular flexibility index (Phi) is 10.6. The van der Waals surface area contributed by atoms with E-state index in [0.717, 1.165) is 31.2 Å². The topological polar surface area (TPSA) is 76.7 Å². The van der Waals surface area contributed by atoms with Gasteiger partial charge in [0.1, 0.15) is 11.5 Å². The molecule has 200 valence electrons. The summed E-state index contributed by atoms with van der Waals surface area (Å²) < 4.78 is 12.9. The molecule has 0 saturated carbocycles. The normalized spacial score (nSPS) is 10.5. The summed E-state index contributed by atoms with van der Waals surface area (Å²) in [6.45, 7) is 0.650. The maximum absolute atomic E-state index is 12.2. The number of ether oxygens (including phenoxy) is 2. The van der Waals surface area contributed by atoms with Crippen LogP contribution in [0.3, 0.4) is 0 Å². The molecule has 0 aromatic heterocycles. The predicted octanol–water partition coefficient (Wildman–Crippen LogP) is 6.63. The first-order valence-corrected chi connectivity index (χ1v) is 14.1. The van der Waals surface area contributed by atoms with Crippen molar-refractivity contribution in [2.45, 2.75) is 6.42 Å². The van der Waals surface area contributed by atoms with Gasteiger partial charge in [0.25, 0.3) is 11.8 Å². The summed E-state index contributed by atoms with van der Waals surface area (Å²) in [4.78, 5) is 24.3. The zero-order valence-corrected chi connectivity index (χ0v) is 24.3. The van der Waals surface area contributed by atoms with Gasteiger partial charge in [0.2, 0.25) is 0 Å². The molecule has 8 heteroatoms. The van der Waals surface area contributed by atoms with E-state index in [1.54, 1.807) is 0 Å². The van der Waals surface area contributed by atoms with Crippen LogP contribution in [-0.2, 0) is 9.59 Å². The van der Waals surface area contributed by atoms with Gasteiger partial charge in [-0.3, -0.25) is 9.59 Å². The zero-order chi connectivity index (χ0) is 27.5. The molecule has 4 rings (SSSR count). The second-order valence-corrected chi connectivity index (χ2v) is 10.4. The lowest BCUT2D eigenvalue weighted by Crippen LogP contribution is -2.34. The Balaban J connectivity index is 1.10. The SMILES string of the molecule is O=C(COc1ccc(-c2ccccc2)cc1Br)NCCCNC(=O)COc1ccc(-c2ccccc2)cc1Br. The zero-order valence-electron chi connectivity index (χ0n) is 21.2. The van der Waals surface area contributed by atoms with Crippen molar-refractivity contribution < 1.29 is 19.1 Å². The van der Waals surface area contributed by atoms with Crippen LogP contribution in [0.5, 0.6) is 11.5 Å². The van der Waals surface area contributed by atoms with Crippen LogP contribution in [0, 0.1) is 0 Å². The second kappa shape index (κ2) is 14.5. The van der Waals surface area contributed by atoms with Crippen molar-refractivity contribution in [3.8, 4) is 33.8 Å². The molecule has 0 fully saturated rings. The molecular weight excluding hydrogens is 624 g/mol. The van der Waals surface area contributed by atoms with E-state index in [0.29, 0.717) is 31.0 Å². The van der Waals surface area contributed by atoms with E-state index < -0.39 is 0 Å². The molecule has 4 aromatic rings. The summed E-state index contributed by atoms with van der Waals surface area (Å²) in [5.41, 5.74) is 4.32. The van der Waals surface area contributed by atoms with Crippen LogP contribution in [0.15, 0.2) is 106 Å². The molecule has 0 aliphatic carbocycles. The van der Waals surface area contributed by atoms with Crippen molar-refractivity contribution in [2.24, 2.45) is 0 Å². The van der Waals surface area contributed by atoms with Gasteiger partial charge < -0.3 is 20.1 Å². The molecule has 0 heterocycles. The lowest BCUT2D eigenvalue weighted by atomic mass is 10.1. The van der Waals surface area contributed by atoms with Crippen molar-refractivity contribution in [1.82, 2.24) is 10.6 Å². The summed E-state index contributed by atoms with van der Waals surface area (Å²) >= 11 is 7.03. The number of halogens is 2. The van der Waals surface area contributed by atoms with Gasteiger partial charge >= 0.3 is 0 Å². The summed E-state index contributed by atoms with van der Waals surface area (Å²) in [6.07, 6.45) is 0.586. The smallest absolute Gasteiger partial charge is 0.257 e. The second-order valence-electron chi connectivity index (χ2n) is 8.65. The average Bonchev–Trinajstić information content (AvgIpc) is 2.96. The Morgan fingerprint density at radius 1 is 0.564 bits per heavy atom. The minimum atomic E-state index is -0.229. The van der Waals surface area contributed by atoms with Gasteiger partial charge in [0.05, 0.1) is 8.95 Å². The standard InChI is InChI=1S/C31H28Br2N2O4/c32-26-18-24(22-8-3-1-4-9-22)12-14-28(26)38-20-30(36)34-16-7-17-35-31(37)21-39-29-15-13-25(19-27(29)33)23-10-5-2-6-11-23/h1-6,8-15,18-19H,7,16-17,20-21H2,(H,34,36)(H,35,37). The Hall–Kier alpha value is -3.62. The minimum absolute atomic E-state index is 0.0958. The van der Waals surface area contributed by atoms with Crippen LogP contribution in [-0.4, -0.2) is 38.1 Å². The van der Waals surface area contributed by atoms with E-state index in [-0.39, 0.29) is 25.0 Å². The maximum Gasteiger partial charge on any atom is 0.257 e. The van der Waals surface area contributed by atoms with Crippen molar-refractivity contribution in [2.75, 3.05) is 26.3 Å². The van der Waals surface area contributed by atoms with Gasteiger partial charge in [-0.15, -0.1) is 0 Å². The number of hydrogen-bond donors (Lipinski definition) is 2. The van der Waals surface area contributed by atoms with E-state index >= 15 is 0 Å². The van der Waals surface area contributed by atoms with Gasteiger partial charge in [-0.2, -0.15) is 0 Å². The van der Waals surface area contributed by atoms with Crippen molar-refractivity contribution in [3.63, 3.8) is 0 Å². The van der Waals surface area contributed by atoms with E-state index in [9.17, 15) is 9.59 Å². The summed E-state index contributed by atoms with van der Waals surface area (Å²) in [5.74, 6) is 0.733. The summed E-state index contributed by atoms with van der Waals surface area (Å²) in [5, 5.41) is 5.60. The van der Waals surface area contributed by atoms with Crippen LogP contribution in [0.25, 0.3) is 22.3 Å². The van der Waals surface area contributed by atoms with E-state index in [2.05, 4.69) is 42.5 Å². The molecule has 0 atom stereocenters. The lowest BCUT2D eigenvalue weighted by Gasteiger charge is -2.11. The van der Waals surface area contributed by atoms with Crippen LogP contribution >= 0.6 is 31.9 Å². The predicted molar refractivity (Wildman–Crippen MR) is 161 cm³/mol. The van der Waals surface area contributed by atoms with E-state index in [4.69, 9.17) is 9.47 Å². The highest BCUT2D eigenvalue weighted by Crippen LogP contribution is 2.31. The van der Waals surface area contributed by atoms with Crippen LogP contribution in [0.4, 0.5) is 0 Å². The van der Waals surface area contributed by atoms with Gasteiger partial charge in [-0.25, -0.2) is 0 Å². The van der Waals surface area contributed by atoms with Crippen molar-refractivity contribution in [1.29, 1.82) is 0 Å². The summed E-state index contributed by atoms with van der Waals surface area (Å²) in [7, 11) is 0. The number of benzene rings is 4. The molecule has 0 aliphatic rings. The largest absolute Gasteiger partial charge is 0.483 e. The van der Waals surface area contributed by atoms with Gasteiger partial charge in [0.15, 0.2) is 13.2 Å². The Labute approximate surface area is 245 Å². The molecule has 6 nitrogen and oxygen atoms in total. The summed E-state index contributed by atoms with van der Waals surface area (Å²) in [6, 6.07) is 31.6. The number of amides is 2. The number of carbonyl (C=O) groups is 2. The third-order valence-corrected chi connectivity index (χ3v) is 7.03. The first-order chi connectivity index (χ1) is 19.0. The lowest BCUT2D eigenvalue weighted by molar-refractivity contribution is -0.123. The third-order valence-electron chi connectivity index (χ3n) is 5.79. The van der Waals surface area contributed by atoms with Crippen LogP contribution in [0.1, 0.15) is 6.42 Å². The molecule has 0 spiro atoms. The Bertz CT molecular complexity index is 1290. The molecular formula is C31H28Br2N2O4. The quantitative estimate of drug-likeness (QED) is 0.169. The fourth-order valence-corrected chi connectivity index (χ4v) is 4.78. The molecule has 0 saturated heterocycles. The number of nitrogens with one attached hydrogen (secondary N) is 2. The molecule has 0 unspecified atom stereocenters. The van der Waals surface area contributed by atoms with Crippen molar-refractivity contribution >= 4 is 43.7 Å². The number of rotatable bonds is 12. The van der Waals surface area contributed by atoms with Crippen LogP contribution in [0.2, 0.25) is 0 Å². The third kappa shape index (κ3) is 8.70. The van der Waals surface area contributed by atoms with Gasteiger partial charge in [0, 0.05) is 13.1 Å². The molecule has 2 amide bonds. The fraction of sp³-hybridized carbons (Fsp3) is 0.161. The molecule has 0 aliphatic heterocycles. The van der Waals surface area contributed by atoms with Gasteiger partial charge in [-0.05, 0) is 84.8 Å². The first kappa shape index (κ1) is 28.4. The van der Waals surface area contributed by atoms with Gasteiger partial charge in [-0.1, -0.05) is 72.8 Å². The molecule has 2 N–H and O–H groups in total. The highest BCUT2D eigenvalue weighted by atomic mass is 79.9. The highest BCUT2D eigenvalue weighted by Gasteiger charge is 2.09. The first-order valence-electron chi connectivity index (χ1n) is 12.5. The molecule has 39 heavy (non-hydrogen) atoms. The Morgan fingerprint density at radius 3 is 1.36 bits per heavy atom. The number of hydrogen-bond acceptors (Lipinski definition) is 4. The maximum atomic E-state index is 12.2. The minimum Gasteiger partial charge on any atom is -0.483 e. The molecule has 4 aromatic carbocycles. The van der Waals surface area contributed by atoms with E-state index in [1.807, 2.05) is 97.1 Å². The highest BCUT2D eigenvalue weighted by molar-refractivity contribution is 9.11.